The number of carbonyl (C=O) groups is 2. The Morgan fingerprint density at radius 2 is 2.07 bits per heavy atom. The number of rotatable bonds is 9. The highest BCUT2D eigenvalue weighted by atomic mass is 35.5. The molecule has 0 saturated heterocycles. The van der Waals surface area contributed by atoms with Crippen LogP contribution in [0.5, 0.6) is 11.8 Å². The van der Waals surface area contributed by atoms with E-state index < -0.39 is 23.7 Å². The van der Waals surface area contributed by atoms with Crippen molar-refractivity contribution in [2.45, 2.75) is 12.6 Å². The Bertz CT molecular complexity index is 1870. The van der Waals surface area contributed by atoms with Gasteiger partial charge in [0.25, 0.3) is 5.91 Å². The molecule has 3 aromatic heterocycles. The fourth-order valence-corrected chi connectivity index (χ4v) is 4.87. The zero-order chi connectivity index (χ0) is 30.1. The molecule has 15 heteroatoms. The molecule has 0 unspecified atom stereocenters. The zero-order valence-corrected chi connectivity index (χ0v) is 23.2. The van der Waals surface area contributed by atoms with Gasteiger partial charge in [0.05, 0.1) is 43.2 Å². The van der Waals surface area contributed by atoms with Gasteiger partial charge in [0.1, 0.15) is 23.6 Å². The van der Waals surface area contributed by atoms with Gasteiger partial charge in [0.15, 0.2) is 0 Å². The number of aromatic nitrogens is 6. The summed E-state index contributed by atoms with van der Waals surface area (Å²) in [6.07, 6.45) is 2.82. The molecule has 2 N–H and O–H groups in total. The highest BCUT2D eigenvalue weighted by Gasteiger charge is 2.33. The summed E-state index contributed by atoms with van der Waals surface area (Å²) in [4.78, 5) is 46.5. The molecule has 0 radical (unpaired) electrons. The van der Waals surface area contributed by atoms with Crippen LogP contribution in [-0.2, 0) is 11.3 Å². The molecule has 2 amide bonds. The van der Waals surface area contributed by atoms with Gasteiger partial charge < -0.3 is 24.9 Å². The third-order valence-corrected chi connectivity index (χ3v) is 7.03. The van der Waals surface area contributed by atoms with E-state index >= 15 is 4.39 Å². The molecule has 0 spiro atoms. The Labute approximate surface area is 247 Å². The fraction of sp³-hybridized carbons (Fsp3) is 0.179. The lowest BCUT2D eigenvalue weighted by Crippen LogP contribution is -2.40. The van der Waals surface area contributed by atoms with E-state index in [1.807, 2.05) is 0 Å². The molecule has 0 fully saturated rings. The maximum Gasteiger partial charge on any atom is 0.346 e. The average Bonchev–Trinajstić information content (AvgIpc) is 3.57. The Kier molecular flexibility index (Phi) is 7.52. The quantitative estimate of drug-likeness (QED) is 0.256. The molecule has 0 bridgehead atoms. The van der Waals surface area contributed by atoms with E-state index in [0.717, 1.165) is 4.85 Å². The van der Waals surface area contributed by atoms with Crippen molar-refractivity contribution in [1.82, 2.24) is 40.3 Å². The molecule has 0 saturated carbocycles. The first kappa shape index (κ1) is 27.9. The van der Waals surface area contributed by atoms with Gasteiger partial charge in [-0.15, -0.1) is 5.10 Å². The molecule has 1 aliphatic heterocycles. The number of ether oxygens (including phenoxy) is 1. The highest BCUT2D eigenvalue weighted by molar-refractivity contribution is 6.32. The first-order valence-corrected chi connectivity index (χ1v) is 13.3. The van der Waals surface area contributed by atoms with Gasteiger partial charge in [0.2, 0.25) is 11.6 Å². The fourth-order valence-electron chi connectivity index (χ4n) is 4.67. The number of aliphatic hydroxyl groups excluding tert-OH is 1. The van der Waals surface area contributed by atoms with Crippen LogP contribution >= 0.6 is 11.6 Å². The van der Waals surface area contributed by atoms with Gasteiger partial charge >= 0.3 is 6.01 Å². The Hall–Kier alpha value is -5.21. The summed E-state index contributed by atoms with van der Waals surface area (Å²) < 4.78 is 20.5. The number of nitrogens with one attached hydrogen (secondary N) is 1. The van der Waals surface area contributed by atoms with Crippen LogP contribution in [0.3, 0.4) is 0 Å². The molecule has 0 aliphatic carbocycles. The lowest BCUT2D eigenvalue weighted by molar-refractivity contribution is -0.122. The average molecular weight is 605 g/mol. The van der Waals surface area contributed by atoms with Crippen LogP contribution < -0.4 is 14.9 Å². The van der Waals surface area contributed by atoms with E-state index in [4.69, 9.17) is 21.2 Å². The summed E-state index contributed by atoms with van der Waals surface area (Å²) in [6.45, 7) is -0.843. The molecule has 5 aromatic rings. The number of hydrogen-bond acceptors (Lipinski definition) is 10. The zero-order valence-electron chi connectivity index (χ0n) is 22.4. The van der Waals surface area contributed by atoms with Gasteiger partial charge in [-0.2, -0.15) is 4.98 Å². The number of amides is 2. The van der Waals surface area contributed by atoms with E-state index in [1.165, 1.54) is 30.3 Å². The maximum atomic E-state index is 15.3. The minimum atomic E-state index is -0.728. The number of fused-ring (bicyclic) bond motifs is 2. The van der Waals surface area contributed by atoms with Crippen LogP contribution in [0, 0.1) is 5.82 Å². The first-order valence-electron chi connectivity index (χ1n) is 12.9. The predicted octanol–water partition coefficient (Wildman–Crippen LogP) is 2.73. The minimum absolute atomic E-state index is 0.0675. The summed E-state index contributed by atoms with van der Waals surface area (Å²) in [5.41, 5.74) is 1.95. The number of nitrogens with zero attached hydrogens (tertiary/aromatic N) is 7. The van der Waals surface area contributed by atoms with Crippen molar-refractivity contribution in [2.75, 3.05) is 20.3 Å². The van der Waals surface area contributed by atoms with E-state index in [0.29, 0.717) is 22.5 Å². The number of aliphatic hydroxyl groups is 1. The molecule has 1 aliphatic rings. The second-order valence-electron chi connectivity index (χ2n) is 9.47. The second-order valence-corrected chi connectivity index (χ2v) is 9.88. The van der Waals surface area contributed by atoms with Crippen molar-refractivity contribution in [1.29, 1.82) is 0 Å². The summed E-state index contributed by atoms with van der Waals surface area (Å²) in [5.74, 6) is -1.18. The minimum Gasteiger partial charge on any atom is -0.497 e. The van der Waals surface area contributed by atoms with Crippen molar-refractivity contribution in [3.8, 4) is 23.0 Å². The van der Waals surface area contributed by atoms with Crippen molar-refractivity contribution >= 4 is 34.6 Å². The molecule has 4 heterocycles. The lowest BCUT2D eigenvalue weighted by atomic mass is 10.0. The number of halogens is 2. The molecule has 1 atom stereocenters. The molecule has 43 heavy (non-hydrogen) atoms. The number of benzene rings is 2. The summed E-state index contributed by atoms with van der Waals surface area (Å²) in [5, 5.41) is 20.5. The smallest absolute Gasteiger partial charge is 0.346 e. The van der Waals surface area contributed by atoms with E-state index in [9.17, 15) is 14.7 Å². The van der Waals surface area contributed by atoms with Crippen LogP contribution in [0.25, 0.3) is 22.4 Å². The largest absolute Gasteiger partial charge is 0.497 e. The molecule has 2 aromatic carbocycles. The normalized spacial score (nSPS) is 13.2. The van der Waals surface area contributed by atoms with Crippen molar-refractivity contribution in [3.63, 3.8) is 0 Å². The Morgan fingerprint density at radius 3 is 2.88 bits per heavy atom. The molecule has 6 rings (SSSR count). The number of hydrogen-bond donors (Lipinski definition) is 2. The predicted molar refractivity (Wildman–Crippen MR) is 149 cm³/mol. The van der Waals surface area contributed by atoms with Crippen molar-refractivity contribution < 1.29 is 28.7 Å². The molecule has 13 nitrogen and oxygen atoms in total. The number of carbonyl (C=O) groups excluding carboxylic acids is 2. The maximum absolute atomic E-state index is 15.3. The standard InChI is InChI=1S/C28H22ClFN8O5/c1-42-17-5-2-4-15(8-17)23(14-39)33-24(40)13-37-12-19-18(27(37)41)9-16(10-21(19)30)25-20(29)11-32-28(34-25)43-38-26-22(35-36-38)6-3-7-31-26/h2-11,23,39H,12-14H2,1H3,(H,33,40)/t23-/m1/s1. The van der Waals surface area contributed by atoms with Crippen molar-refractivity contribution in [3.05, 3.63) is 88.5 Å². The Balaban J connectivity index is 1.20. The van der Waals surface area contributed by atoms with Crippen LogP contribution in [0.2, 0.25) is 5.02 Å². The summed E-state index contributed by atoms with van der Waals surface area (Å²) in [7, 11) is 1.51. The Morgan fingerprint density at radius 1 is 1.21 bits per heavy atom. The summed E-state index contributed by atoms with van der Waals surface area (Å²) in [6, 6.07) is 12.0. The first-order chi connectivity index (χ1) is 20.8. The third kappa shape index (κ3) is 5.52. The monoisotopic (exact) mass is 604 g/mol. The molecular weight excluding hydrogens is 583 g/mol. The second kappa shape index (κ2) is 11.6. The molecular formula is C28H22ClFN8O5. The van der Waals surface area contributed by atoms with Gasteiger partial charge in [-0.3, -0.25) is 9.59 Å². The lowest BCUT2D eigenvalue weighted by Gasteiger charge is -2.20. The van der Waals surface area contributed by atoms with Crippen LogP contribution in [0.1, 0.15) is 27.5 Å². The van der Waals surface area contributed by atoms with E-state index in [2.05, 4.69) is 30.6 Å². The topological polar surface area (TPSA) is 157 Å². The van der Waals surface area contributed by atoms with Crippen molar-refractivity contribution in [2.24, 2.45) is 0 Å². The van der Waals surface area contributed by atoms with E-state index in [1.54, 1.807) is 42.6 Å². The van der Waals surface area contributed by atoms with E-state index in [-0.39, 0.29) is 53.1 Å². The number of methoxy groups -OCH3 is 1. The SMILES string of the molecule is COc1cccc([C@@H](CO)NC(=O)CN2Cc3c(F)cc(-c4nc(On5nnc6cccnc65)ncc4Cl)cc3C2=O)c1. The van der Waals surface area contributed by atoms with Crippen LogP contribution in [-0.4, -0.2) is 72.2 Å². The molecule has 218 valence electrons. The summed E-state index contributed by atoms with van der Waals surface area (Å²) >= 11 is 6.35. The highest BCUT2D eigenvalue weighted by Crippen LogP contribution is 2.33. The van der Waals surface area contributed by atoms with Gasteiger partial charge in [-0.05, 0) is 52.0 Å². The third-order valence-electron chi connectivity index (χ3n) is 6.76. The van der Waals surface area contributed by atoms with Crippen LogP contribution in [0.15, 0.2) is 60.9 Å². The van der Waals surface area contributed by atoms with Gasteiger partial charge in [0, 0.05) is 22.9 Å². The van der Waals surface area contributed by atoms with Gasteiger partial charge in [-0.25, -0.2) is 14.4 Å². The number of pyridine rings is 1. The van der Waals surface area contributed by atoms with Gasteiger partial charge in [-0.1, -0.05) is 23.7 Å². The van der Waals surface area contributed by atoms with Crippen LogP contribution in [0.4, 0.5) is 4.39 Å².